The number of benzene rings is 4. The van der Waals surface area contributed by atoms with E-state index >= 15 is 0 Å². The molecule has 0 spiro atoms. The number of fused-ring (bicyclic) bond motifs is 2. The Morgan fingerprint density at radius 3 is 1.62 bits per heavy atom. The molecule has 9 heteroatoms. The monoisotopic (exact) mass is 448 g/mol. The van der Waals surface area contributed by atoms with Crippen LogP contribution in [0.15, 0.2) is 84.9 Å². The molecule has 6 rings (SSSR count). The summed E-state index contributed by atoms with van der Waals surface area (Å²) < 4.78 is 0. The van der Waals surface area contributed by atoms with Crippen LogP contribution in [0.25, 0.3) is 33.4 Å². The number of nitrogens with zero attached hydrogens (tertiary/aromatic N) is 6. The van der Waals surface area contributed by atoms with Crippen molar-refractivity contribution < 1.29 is 15.0 Å². The number of carbonyl (C=O) groups is 1. The molecule has 0 amide bonds. The Bertz CT molecular complexity index is 1640. The molecule has 0 saturated carbocycles. The van der Waals surface area contributed by atoms with E-state index in [4.69, 9.17) is 0 Å². The second-order valence-corrected chi connectivity index (χ2v) is 7.64. The molecule has 0 aliphatic rings. The molecule has 0 unspecified atom stereocenters. The van der Waals surface area contributed by atoms with Crippen LogP contribution in [0.5, 0.6) is 11.5 Å². The fraction of sp³-hybridized carbons (Fsp3) is 0. The van der Waals surface area contributed by atoms with Crippen LogP contribution in [0.1, 0.15) is 15.9 Å². The first-order valence-electron chi connectivity index (χ1n) is 10.4. The fourth-order valence-corrected chi connectivity index (χ4v) is 3.82. The lowest BCUT2D eigenvalue weighted by Gasteiger charge is -2.14. The van der Waals surface area contributed by atoms with E-state index < -0.39 is 11.5 Å². The number of phenolic OH excluding ortho intramolecular Hbond substituents is 2. The minimum Gasteiger partial charge on any atom is -0.505 e. The van der Waals surface area contributed by atoms with Crippen LogP contribution < -0.4 is 0 Å². The van der Waals surface area contributed by atoms with Crippen molar-refractivity contribution >= 4 is 27.9 Å². The van der Waals surface area contributed by atoms with Gasteiger partial charge in [-0.25, -0.2) is 0 Å². The molecule has 0 aliphatic heterocycles. The summed E-state index contributed by atoms with van der Waals surface area (Å²) >= 11 is 0. The second-order valence-electron chi connectivity index (χ2n) is 7.64. The van der Waals surface area contributed by atoms with Gasteiger partial charge in [0.05, 0.1) is 5.56 Å². The first-order chi connectivity index (χ1) is 16.6. The average Bonchev–Trinajstić information content (AvgIpc) is 3.48. The lowest BCUT2D eigenvalue weighted by Crippen LogP contribution is -2.10. The normalized spacial score (nSPS) is 11.3. The Hall–Kier alpha value is -5.05. The van der Waals surface area contributed by atoms with Crippen molar-refractivity contribution in [3.63, 3.8) is 0 Å². The number of aromatic nitrogens is 6. The van der Waals surface area contributed by atoms with Crippen LogP contribution in [0.2, 0.25) is 0 Å². The Morgan fingerprint density at radius 1 is 0.618 bits per heavy atom. The third-order valence-electron chi connectivity index (χ3n) is 5.50. The topological polar surface area (TPSA) is 119 Å². The summed E-state index contributed by atoms with van der Waals surface area (Å²) in [4.78, 5) is 15.7. The van der Waals surface area contributed by atoms with E-state index in [-0.39, 0.29) is 22.7 Å². The molecule has 164 valence electrons. The largest absolute Gasteiger partial charge is 0.505 e. The smallest absolute Gasteiger partial charge is 0.196 e. The van der Waals surface area contributed by atoms with Gasteiger partial charge in [-0.1, -0.05) is 54.6 Å². The molecule has 0 bridgehead atoms. The first kappa shape index (κ1) is 19.6. The molecule has 9 nitrogen and oxygen atoms in total. The van der Waals surface area contributed by atoms with E-state index in [2.05, 4.69) is 20.4 Å². The van der Waals surface area contributed by atoms with Gasteiger partial charge >= 0.3 is 0 Å². The average molecular weight is 448 g/mol. The van der Waals surface area contributed by atoms with Crippen molar-refractivity contribution in [2.75, 3.05) is 0 Å². The van der Waals surface area contributed by atoms with Crippen molar-refractivity contribution in [2.24, 2.45) is 0 Å². The van der Waals surface area contributed by atoms with E-state index in [0.717, 1.165) is 4.80 Å². The Morgan fingerprint density at radius 2 is 1.09 bits per heavy atom. The molecule has 0 aliphatic carbocycles. The van der Waals surface area contributed by atoms with Crippen LogP contribution in [0.3, 0.4) is 0 Å². The van der Waals surface area contributed by atoms with Crippen molar-refractivity contribution in [2.45, 2.75) is 0 Å². The van der Waals surface area contributed by atoms with E-state index in [1.807, 2.05) is 12.1 Å². The van der Waals surface area contributed by atoms with Gasteiger partial charge in [-0.05, 0) is 30.3 Å². The van der Waals surface area contributed by atoms with E-state index in [9.17, 15) is 15.0 Å². The number of rotatable bonds is 4. The molecule has 0 fully saturated rings. The van der Waals surface area contributed by atoms with E-state index in [1.165, 1.54) is 10.9 Å². The zero-order valence-electron chi connectivity index (χ0n) is 17.6. The van der Waals surface area contributed by atoms with E-state index in [0.29, 0.717) is 27.6 Å². The number of hydrogen-bond acceptors (Lipinski definition) is 7. The van der Waals surface area contributed by atoms with Crippen LogP contribution in [0, 0.1) is 0 Å². The second kappa shape index (κ2) is 7.52. The first-order valence-corrected chi connectivity index (χ1v) is 10.4. The zero-order valence-corrected chi connectivity index (χ0v) is 17.6. The summed E-state index contributed by atoms with van der Waals surface area (Å²) in [5.41, 5.74) is 2.62. The molecular formula is C25H16N6O3. The highest BCUT2D eigenvalue weighted by atomic mass is 16.3. The van der Waals surface area contributed by atoms with Gasteiger partial charge in [0, 0.05) is 5.56 Å². The molecule has 0 atom stereocenters. The van der Waals surface area contributed by atoms with Gasteiger partial charge in [-0.15, -0.1) is 30.0 Å². The van der Waals surface area contributed by atoms with Crippen LogP contribution >= 0.6 is 0 Å². The summed E-state index contributed by atoms with van der Waals surface area (Å²) in [7, 11) is 0. The molecule has 0 saturated heterocycles. The highest BCUT2D eigenvalue weighted by molar-refractivity contribution is 6.12. The summed E-state index contributed by atoms with van der Waals surface area (Å²) in [5.74, 6) is -1.26. The van der Waals surface area contributed by atoms with Crippen molar-refractivity contribution in [3.8, 4) is 22.9 Å². The predicted octanol–water partition coefficient (Wildman–Crippen LogP) is 3.80. The van der Waals surface area contributed by atoms with Crippen molar-refractivity contribution in [1.29, 1.82) is 0 Å². The van der Waals surface area contributed by atoms with E-state index in [1.54, 1.807) is 66.7 Å². The minimum atomic E-state index is -0.452. The van der Waals surface area contributed by atoms with Gasteiger partial charge in [-0.2, -0.15) is 0 Å². The quantitative estimate of drug-likeness (QED) is 0.394. The zero-order chi connectivity index (χ0) is 23.2. The standard InChI is InChI=1S/C25H16N6O3/c32-23(15-8-2-1-3-9-15)16-14-21(30-26-17-10-4-5-11-18(17)27-30)25(34)22(24(16)33)31-28-19-12-6-7-13-20(19)29-31/h1-14,33-34H. The lowest BCUT2D eigenvalue weighted by molar-refractivity contribution is 0.103. The van der Waals surface area contributed by atoms with Gasteiger partial charge in [0.2, 0.25) is 0 Å². The van der Waals surface area contributed by atoms with Crippen LogP contribution in [0.4, 0.5) is 0 Å². The predicted molar refractivity (Wildman–Crippen MR) is 124 cm³/mol. The SMILES string of the molecule is O=C(c1ccccc1)c1cc(-n2nc3ccccc3n2)c(O)c(-n2nc3ccccc3n2)c1O. The van der Waals surface area contributed by atoms with Crippen molar-refractivity contribution in [1.82, 2.24) is 30.0 Å². The third-order valence-corrected chi connectivity index (χ3v) is 5.50. The third kappa shape index (κ3) is 3.06. The summed E-state index contributed by atoms with van der Waals surface area (Å²) in [6, 6.07) is 24.3. The summed E-state index contributed by atoms with van der Waals surface area (Å²) in [6.07, 6.45) is 0. The Kier molecular flexibility index (Phi) is 4.34. The molecule has 4 aromatic carbocycles. The maximum atomic E-state index is 13.3. The molecular weight excluding hydrogens is 432 g/mol. The summed E-state index contributed by atoms with van der Waals surface area (Å²) in [5, 5.41) is 40.0. The van der Waals surface area contributed by atoms with Gasteiger partial charge in [-0.3, -0.25) is 4.79 Å². The Balaban J connectivity index is 1.63. The molecule has 2 aromatic heterocycles. The maximum absolute atomic E-state index is 13.3. The Labute approximate surface area is 192 Å². The van der Waals surface area contributed by atoms with Gasteiger partial charge in [0.25, 0.3) is 0 Å². The molecule has 34 heavy (non-hydrogen) atoms. The minimum absolute atomic E-state index is 0.0447. The molecule has 2 heterocycles. The summed E-state index contributed by atoms with van der Waals surface area (Å²) in [6.45, 7) is 0. The number of aromatic hydroxyl groups is 2. The lowest BCUT2D eigenvalue weighted by atomic mass is 10.0. The van der Waals surface area contributed by atoms with Gasteiger partial charge in [0.1, 0.15) is 27.8 Å². The number of carbonyl (C=O) groups excluding carboxylic acids is 1. The van der Waals surface area contributed by atoms with Crippen LogP contribution in [-0.4, -0.2) is 46.0 Å². The number of phenols is 2. The maximum Gasteiger partial charge on any atom is 0.196 e. The number of hydrogen-bond donors (Lipinski definition) is 2. The fourth-order valence-electron chi connectivity index (χ4n) is 3.82. The van der Waals surface area contributed by atoms with Crippen LogP contribution in [-0.2, 0) is 0 Å². The molecule has 6 aromatic rings. The van der Waals surface area contributed by atoms with Crippen molar-refractivity contribution in [3.05, 3.63) is 96.1 Å². The molecule has 0 radical (unpaired) electrons. The highest BCUT2D eigenvalue weighted by Gasteiger charge is 2.27. The van der Waals surface area contributed by atoms with Gasteiger partial charge < -0.3 is 10.2 Å². The highest BCUT2D eigenvalue weighted by Crippen LogP contribution is 2.39. The molecule has 2 N–H and O–H groups in total. The van der Waals surface area contributed by atoms with Gasteiger partial charge in [0.15, 0.2) is 23.0 Å². The number of ketones is 1.